The summed E-state index contributed by atoms with van der Waals surface area (Å²) in [6, 6.07) is 4.75. The standard InChI is InChI=1S/C44H56ClF2N5S/c1-5-23-53-28-40-50-42(34-18-15-32(47)25-36(34)45)41(37-20-17-33(49-37)16-13-29(3)46)38-24-30(27-52(38)40)11-8-10-22-51(6-2)43-31-14-19-35(43)44(4,26-31)39-12-7-9-21-48-39/h5-7,9,12,15,17-18,20,23,25,29-31,33,35,42-43,48H,2,8,10-11,13-14,16,19,21-22,24,26-28H2,1,3-4H3/b23-5-/t29?,30?,31?,33?,35?,42-,43?,44?/m0/s1. The molecule has 4 heterocycles. The molecular weight excluding hydrogens is 704 g/mol. The van der Waals surface area contributed by atoms with Gasteiger partial charge >= 0.3 is 0 Å². The maximum Gasteiger partial charge on any atom is 0.124 e. The first kappa shape index (κ1) is 38.2. The van der Waals surface area contributed by atoms with Crippen LogP contribution in [0, 0.1) is 29.0 Å². The van der Waals surface area contributed by atoms with Crippen LogP contribution in [0.4, 0.5) is 8.78 Å². The monoisotopic (exact) mass is 759 g/mol. The molecule has 4 aliphatic heterocycles. The van der Waals surface area contributed by atoms with Crippen LogP contribution in [0.1, 0.15) is 90.2 Å². The number of hydrogen-bond acceptors (Lipinski definition) is 6. The zero-order chi connectivity index (χ0) is 37.1. The average Bonchev–Trinajstić information content (AvgIpc) is 3.95. The third-order valence-corrected chi connectivity index (χ3v) is 13.8. The smallest absolute Gasteiger partial charge is 0.124 e. The lowest BCUT2D eigenvalue weighted by Crippen LogP contribution is -2.40. The first-order valence-corrected chi connectivity index (χ1v) is 21.3. The number of hydrogen-bond donors (Lipinski definition) is 1. The summed E-state index contributed by atoms with van der Waals surface area (Å²) in [6.45, 7) is 13.3. The second-order valence-electron chi connectivity index (χ2n) is 16.1. The Balaban J connectivity index is 1.08. The molecule has 5 nitrogen and oxygen atoms in total. The van der Waals surface area contributed by atoms with E-state index < -0.39 is 6.17 Å². The summed E-state index contributed by atoms with van der Waals surface area (Å²) in [6.07, 6.45) is 23.6. The van der Waals surface area contributed by atoms with E-state index in [4.69, 9.17) is 21.6 Å². The molecule has 2 aliphatic carbocycles. The number of dihydropyridines is 1. The number of nitrogens with one attached hydrogen (secondary N) is 1. The first-order valence-electron chi connectivity index (χ1n) is 19.8. The van der Waals surface area contributed by atoms with Gasteiger partial charge in [-0.25, -0.2) is 8.78 Å². The van der Waals surface area contributed by atoms with Gasteiger partial charge in [-0.15, -0.1) is 11.8 Å². The maximum absolute atomic E-state index is 14.3. The molecule has 8 atom stereocenters. The fourth-order valence-electron chi connectivity index (χ4n) is 10.2. The van der Waals surface area contributed by atoms with Crippen LogP contribution in [0.25, 0.3) is 0 Å². The number of allylic oxidation sites excluding steroid dienone is 6. The third kappa shape index (κ3) is 8.01. The molecule has 1 aromatic rings. The summed E-state index contributed by atoms with van der Waals surface area (Å²) in [5.74, 6) is 3.26. The van der Waals surface area contributed by atoms with Gasteiger partial charge in [0, 0.05) is 58.6 Å². The van der Waals surface area contributed by atoms with E-state index in [1.807, 2.05) is 6.92 Å². The van der Waals surface area contributed by atoms with E-state index in [0.717, 1.165) is 79.7 Å². The number of nitrogens with zero attached hydrogens (tertiary/aromatic N) is 4. The number of unbranched alkanes of at least 4 members (excludes halogenated alkanes) is 1. The normalized spacial score (nSPS) is 30.8. The predicted octanol–water partition coefficient (Wildman–Crippen LogP) is 10.8. The Morgan fingerprint density at radius 1 is 1.23 bits per heavy atom. The summed E-state index contributed by atoms with van der Waals surface area (Å²) in [5, 5.41) is 6.18. The quantitative estimate of drug-likeness (QED) is 0.171. The topological polar surface area (TPSA) is 43.2 Å². The van der Waals surface area contributed by atoms with Crippen molar-refractivity contribution >= 4 is 34.9 Å². The van der Waals surface area contributed by atoms with Crippen molar-refractivity contribution in [1.29, 1.82) is 0 Å². The summed E-state index contributed by atoms with van der Waals surface area (Å²) >= 11 is 8.50. The molecule has 7 rings (SSSR count). The van der Waals surface area contributed by atoms with Crippen molar-refractivity contribution in [2.75, 3.05) is 25.4 Å². The van der Waals surface area contributed by atoms with Gasteiger partial charge in [0.2, 0.25) is 0 Å². The number of benzene rings is 1. The van der Waals surface area contributed by atoms with Gasteiger partial charge in [-0.3, -0.25) is 9.98 Å². The molecule has 0 aromatic heterocycles. The highest BCUT2D eigenvalue weighted by Crippen LogP contribution is 2.60. The average molecular weight is 760 g/mol. The van der Waals surface area contributed by atoms with Crippen LogP contribution in [0.5, 0.6) is 0 Å². The lowest BCUT2D eigenvalue weighted by atomic mass is 9.71. The number of aliphatic imine (C=N–C) groups is 2. The first-order chi connectivity index (χ1) is 25.7. The van der Waals surface area contributed by atoms with Gasteiger partial charge < -0.3 is 15.1 Å². The van der Waals surface area contributed by atoms with Gasteiger partial charge in [-0.05, 0) is 119 Å². The molecule has 2 saturated carbocycles. The van der Waals surface area contributed by atoms with E-state index in [1.165, 1.54) is 42.8 Å². The Kier molecular flexibility index (Phi) is 12.1. The highest BCUT2D eigenvalue weighted by atomic mass is 35.5. The molecule has 1 saturated heterocycles. The number of amidine groups is 1. The second kappa shape index (κ2) is 16.7. The number of halogens is 3. The summed E-state index contributed by atoms with van der Waals surface area (Å²) in [5.41, 5.74) is 5.63. The van der Waals surface area contributed by atoms with Crippen LogP contribution in [0.3, 0.4) is 0 Å². The van der Waals surface area contributed by atoms with Gasteiger partial charge in [-0.1, -0.05) is 61.9 Å². The van der Waals surface area contributed by atoms with E-state index in [9.17, 15) is 8.78 Å². The molecule has 1 aromatic carbocycles. The predicted molar refractivity (Wildman–Crippen MR) is 220 cm³/mol. The van der Waals surface area contributed by atoms with Crippen LogP contribution in [0.2, 0.25) is 5.02 Å². The van der Waals surface area contributed by atoms with Gasteiger partial charge in [0.05, 0.1) is 23.7 Å². The largest absolute Gasteiger partial charge is 0.384 e. The lowest BCUT2D eigenvalue weighted by Gasteiger charge is -2.39. The Bertz CT molecular complexity index is 1740. The van der Waals surface area contributed by atoms with Crippen molar-refractivity contribution < 1.29 is 8.78 Å². The lowest BCUT2D eigenvalue weighted by molar-refractivity contribution is 0.176. The van der Waals surface area contributed by atoms with Gasteiger partial charge in [-0.2, -0.15) is 0 Å². The molecule has 0 spiro atoms. The van der Waals surface area contributed by atoms with Crippen LogP contribution in [-0.2, 0) is 0 Å². The van der Waals surface area contributed by atoms with Gasteiger partial charge in [0.25, 0.3) is 0 Å². The molecule has 2 bridgehead atoms. The minimum atomic E-state index is -0.862. The number of alkyl halides is 1. The second-order valence-corrected chi connectivity index (χ2v) is 17.4. The van der Waals surface area contributed by atoms with Crippen molar-refractivity contribution in [2.45, 2.75) is 103 Å². The summed E-state index contributed by atoms with van der Waals surface area (Å²) < 4.78 is 28.1. The third-order valence-electron chi connectivity index (χ3n) is 12.6. The minimum absolute atomic E-state index is 0.0600. The molecular formula is C44H56ClF2N5S. The highest BCUT2D eigenvalue weighted by Gasteiger charge is 2.57. The Hall–Kier alpha value is -3.10. The van der Waals surface area contributed by atoms with Crippen molar-refractivity contribution in [3.8, 4) is 0 Å². The molecule has 3 fully saturated rings. The minimum Gasteiger partial charge on any atom is -0.384 e. The molecule has 53 heavy (non-hydrogen) atoms. The van der Waals surface area contributed by atoms with Gasteiger partial charge in [0.1, 0.15) is 17.7 Å². The fraction of sp³-hybridized carbons (Fsp3) is 0.545. The van der Waals surface area contributed by atoms with E-state index in [0.29, 0.717) is 35.7 Å². The van der Waals surface area contributed by atoms with Crippen molar-refractivity contribution in [3.63, 3.8) is 0 Å². The molecule has 0 radical (unpaired) electrons. The number of fused-ring (bicyclic) bond motifs is 3. The van der Waals surface area contributed by atoms with E-state index in [1.54, 1.807) is 24.8 Å². The number of rotatable bonds is 16. The zero-order valence-corrected chi connectivity index (χ0v) is 33.2. The summed E-state index contributed by atoms with van der Waals surface area (Å²) in [4.78, 5) is 15.5. The molecule has 7 unspecified atom stereocenters. The Morgan fingerprint density at radius 3 is 2.85 bits per heavy atom. The van der Waals surface area contributed by atoms with Crippen LogP contribution < -0.4 is 5.32 Å². The Morgan fingerprint density at radius 2 is 2.09 bits per heavy atom. The van der Waals surface area contributed by atoms with Crippen LogP contribution >= 0.6 is 23.4 Å². The Labute approximate surface area is 325 Å². The summed E-state index contributed by atoms with van der Waals surface area (Å²) in [7, 11) is 0. The van der Waals surface area contributed by atoms with E-state index in [-0.39, 0.29) is 23.3 Å². The molecule has 6 aliphatic rings. The molecule has 284 valence electrons. The van der Waals surface area contributed by atoms with Crippen molar-refractivity contribution in [3.05, 3.63) is 106 Å². The van der Waals surface area contributed by atoms with Crippen molar-refractivity contribution in [1.82, 2.24) is 15.1 Å². The molecule has 9 heteroatoms. The fourth-order valence-corrected chi connectivity index (χ4v) is 11.1. The SMILES string of the molecule is C=CN(CCCCC1CC2=C(C3=NC(CCC(C)F)C=C3)[C@H](c3ccc(F)cc3Cl)N=C(CS/C=C\C)N2C1)C1C2CCC1C(C)(C1=CC=CCN1)C2. The number of thioether (sulfide) groups is 1. The van der Waals surface area contributed by atoms with Crippen LogP contribution in [-0.4, -0.2) is 65.0 Å². The van der Waals surface area contributed by atoms with E-state index in [2.05, 4.69) is 76.7 Å². The van der Waals surface area contributed by atoms with Crippen LogP contribution in [0.15, 0.2) is 99.8 Å². The zero-order valence-electron chi connectivity index (χ0n) is 31.6. The van der Waals surface area contributed by atoms with E-state index >= 15 is 0 Å². The molecule has 0 amide bonds. The van der Waals surface area contributed by atoms with Crippen molar-refractivity contribution in [2.24, 2.45) is 33.2 Å². The maximum atomic E-state index is 14.3. The highest BCUT2D eigenvalue weighted by molar-refractivity contribution is 8.02. The molecule has 1 N–H and O–H groups in total. The van der Waals surface area contributed by atoms with Gasteiger partial charge in [0.15, 0.2) is 0 Å².